The van der Waals surface area contributed by atoms with Crippen molar-refractivity contribution in [3.63, 3.8) is 0 Å². The lowest BCUT2D eigenvalue weighted by atomic mass is 9.84. The molecule has 1 aliphatic carbocycles. The van der Waals surface area contributed by atoms with Crippen LogP contribution in [0.25, 0.3) is 0 Å². The van der Waals surface area contributed by atoms with Gasteiger partial charge in [-0.1, -0.05) is 31.4 Å². The lowest BCUT2D eigenvalue weighted by Gasteiger charge is -2.33. The fraction of sp³-hybridized carbons (Fsp3) is 0.625. The molecule has 1 atom stereocenters. The normalized spacial score (nSPS) is 20.1. The average Bonchev–Trinajstić information content (AvgIpc) is 2.45. The molecule has 4 nitrogen and oxygen atoms in total. The van der Waals surface area contributed by atoms with E-state index in [1.165, 1.54) is 12.7 Å². The molecule has 0 amide bonds. The fourth-order valence-electron chi connectivity index (χ4n) is 2.85. The first-order valence-corrected chi connectivity index (χ1v) is 9.45. The van der Waals surface area contributed by atoms with Gasteiger partial charge in [0.2, 0.25) is 0 Å². The number of aliphatic hydroxyl groups is 1. The molecule has 0 bridgehead atoms. The zero-order valence-corrected chi connectivity index (χ0v) is 13.6. The number of benzene rings is 1. The van der Waals surface area contributed by atoms with Crippen molar-refractivity contribution in [1.29, 1.82) is 0 Å². The molecule has 0 spiro atoms. The standard InChI is InChI=1S/C16H25NO3S/c1-13(17-12-16(18)10-4-3-5-11-16)14-6-8-15(9-7-14)21(2,19)20/h6-9,13,17-18H,3-5,10-12H2,1-2H3. The summed E-state index contributed by atoms with van der Waals surface area (Å²) >= 11 is 0. The Morgan fingerprint density at radius 2 is 1.76 bits per heavy atom. The number of sulfone groups is 1. The molecule has 0 saturated heterocycles. The van der Waals surface area contributed by atoms with Crippen molar-refractivity contribution in [3.8, 4) is 0 Å². The summed E-state index contributed by atoms with van der Waals surface area (Å²) in [6, 6.07) is 7.03. The highest BCUT2D eigenvalue weighted by molar-refractivity contribution is 7.90. The van der Waals surface area contributed by atoms with Crippen LogP contribution in [0.2, 0.25) is 0 Å². The van der Waals surface area contributed by atoms with Crippen LogP contribution < -0.4 is 5.32 Å². The summed E-state index contributed by atoms with van der Waals surface area (Å²) in [6.45, 7) is 2.61. The van der Waals surface area contributed by atoms with Crippen LogP contribution in [0.4, 0.5) is 0 Å². The van der Waals surface area contributed by atoms with Crippen LogP contribution in [0.3, 0.4) is 0 Å². The maximum absolute atomic E-state index is 11.4. The van der Waals surface area contributed by atoms with E-state index in [1.807, 2.05) is 19.1 Å². The predicted octanol–water partition coefficient (Wildman–Crippen LogP) is 2.44. The topological polar surface area (TPSA) is 66.4 Å². The van der Waals surface area contributed by atoms with Gasteiger partial charge in [-0.15, -0.1) is 0 Å². The first-order valence-electron chi connectivity index (χ1n) is 7.56. The van der Waals surface area contributed by atoms with Crippen molar-refractivity contribution < 1.29 is 13.5 Å². The summed E-state index contributed by atoms with van der Waals surface area (Å²) in [5.74, 6) is 0. The van der Waals surface area contributed by atoms with Crippen molar-refractivity contribution in [2.24, 2.45) is 0 Å². The average molecular weight is 311 g/mol. The summed E-state index contributed by atoms with van der Waals surface area (Å²) in [7, 11) is -3.14. The van der Waals surface area contributed by atoms with Gasteiger partial charge in [0.25, 0.3) is 0 Å². The first-order chi connectivity index (χ1) is 9.80. The Labute approximate surface area is 127 Å². The third kappa shape index (κ3) is 4.53. The largest absolute Gasteiger partial charge is 0.389 e. The summed E-state index contributed by atoms with van der Waals surface area (Å²) < 4.78 is 22.9. The molecule has 118 valence electrons. The molecule has 1 aliphatic rings. The minimum atomic E-state index is -3.14. The maximum atomic E-state index is 11.4. The highest BCUT2D eigenvalue weighted by Crippen LogP contribution is 2.28. The maximum Gasteiger partial charge on any atom is 0.175 e. The molecular weight excluding hydrogens is 286 g/mol. The lowest BCUT2D eigenvalue weighted by Crippen LogP contribution is -2.42. The Hall–Kier alpha value is -0.910. The Morgan fingerprint density at radius 1 is 1.19 bits per heavy atom. The third-order valence-corrected chi connectivity index (χ3v) is 5.46. The van der Waals surface area contributed by atoms with E-state index in [9.17, 15) is 13.5 Å². The fourth-order valence-corrected chi connectivity index (χ4v) is 3.48. The molecule has 0 aliphatic heterocycles. The van der Waals surface area contributed by atoms with Crippen LogP contribution in [0.5, 0.6) is 0 Å². The summed E-state index contributed by atoms with van der Waals surface area (Å²) in [5, 5.41) is 13.8. The van der Waals surface area contributed by atoms with Crippen molar-refractivity contribution in [2.45, 2.75) is 55.6 Å². The van der Waals surface area contributed by atoms with Crippen molar-refractivity contribution in [3.05, 3.63) is 29.8 Å². The van der Waals surface area contributed by atoms with E-state index >= 15 is 0 Å². The molecule has 1 saturated carbocycles. The first kappa shape index (κ1) is 16.5. The van der Waals surface area contributed by atoms with Crippen LogP contribution in [0, 0.1) is 0 Å². The molecule has 2 N–H and O–H groups in total. The predicted molar refractivity (Wildman–Crippen MR) is 84.0 cm³/mol. The van der Waals surface area contributed by atoms with E-state index in [0.717, 1.165) is 31.2 Å². The molecule has 5 heteroatoms. The second kappa shape index (κ2) is 6.46. The SMILES string of the molecule is CC(NCC1(O)CCCCC1)c1ccc(S(C)(=O)=O)cc1. The van der Waals surface area contributed by atoms with Crippen molar-refractivity contribution in [1.82, 2.24) is 5.32 Å². The molecule has 21 heavy (non-hydrogen) atoms. The number of hydrogen-bond donors (Lipinski definition) is 2. The molecule has 1 aromatic rings. The van der Waals surface area contributed by atoms with Crippen LogP contribution in [-0.4, -0.2) is 31.9 Å². The van der Waals surface area contributed by atoms with E-state index in [1.54, 1.807) is 12.1 Å². The molecule has 2 rings (SSSR count). The molecule has 1 unspecified atom stereocenters. The van der Waals surface area contributed by atoms with Crippen LogP contribution >= 0.6 is 0 Å². The van der Waals surface area contributed by atoms with Gasteiger partial charge < -0.3 is 10.4 Å². The highest BCUT2D eigenvalue weighted by Gasteiger charge is 2.29. The van der Waals surface area contributed by atoms with Crippen LogP contribution in [0.1, 0.15) is 50.6 Å². The Morgan fingerprint density at radius 3 is 2.29 bits per heavy atom. The van der Waals surface area contributed by atoms with Gasteiger partial charge >= 0.3 is 0 Å². The molecule has 0 radical (unpaired) electrons. The summed E-state index contributed by atoms with van der Waals surface area (Å²) in [6.07, 6.45) is 6.33. The zero-order valence-electron chi connectivity index (χ0n) is 12.8. The van der Waals surface area contributed by atoms with Gasteiger partial charge in [-0.25, -0.2) is 8.42 Å². The summed E-state index contributed by atoms with van der Waals surface area (Å²) in [5.41, 5.74) is 0.445. The molecule has 0 heterocycles. The van der Waals surface area contributed by atoms with E-state index in [2.05, 4.69) is 5.32 Å². The van der Waals surface area contributed by atoms with Crippen LogP contribution in [-0.2, 0) is 9.84 Å². The van der Waals surface area contributed by atoms with Gasteiger partial charge in [0.1, 0.15) is 0 Å². The van der Waals surface area contributed by atoms with Crippen LogP contribution in [0.15, 0.2) is 29.2 Å². The lowest BCUT2D eigenvalue weighted by molar-refractivity contribution is 0.00300. The Balaban J connectivity index is 1.95. The molecule has 1 fully saturated rings. The minimum absolute atomic E-state index is 0.0876. The second-order valence-electron chi connectivity index (χ2n) is 6.23. The van der Waals surface area contributed by atoms with E-state index < -0.39 is 15.4 Å². The smallest absolute Gasteiger partial charge is 0.175 e. The monoisotopic (exact) mass is 311 g/mol. The Kier molecular flexibility index (Phi) is 5.07. The van der Waals surface area contributed by atoms with Crippen molar-refractivity contribution >= 4 is 9.84 Å². The number of rotatable bonds is 5. The van der Waals surface area contributed by atoms with Gasteiger partial charge in [0.05, 0.1) is 10.5 Å². The molecular formula is C16H25NO3S. The van der Waals surface area contributed by atoms with Crippen molar-refractivity contribution in [2.75, 3.05) is 12.8 Å². The summed E-state index contributed by atoms with van der Waals surface area (Å²) in [4.78, 5) is 0.337. The minimum Gasteiger partial charge on any atom is -0.389 e. The number of nitrogens with one attached hydrogen (secondary N) is 1. The van der Waals surface area contributed by atoms with E-state index in [4.69, 9.17) is 0 Å². The van der Waals surface area contributed by atoms with Gasteiger partial charge in [0, 0.05) is 18.8 Å². The van der Waals surface area contributed by atoms with E-state index in [0.29, 0.717) is 11.4 Å². The molecule has 0 aromatic heterocycles. The van der Waals surface area contributed by atoms with Gasteiger partial charge in [-0.05, 0) is 37.5 Å². The van der Waals surface area contributed by atoms with E-state index in [-0.39, 0.29) is 6.04 Å². The molecule has 1 aromatic carbocycles. The third-order valence-electron chi connectivity index (χ3n) is 4.33. The zero-order chi connectivity index (χ0) is 15.5. The highest BCUT2D eigenvalue weighted by atomic mass is 32.2. The Bertz CT molecular complexity index is 560. The van der Waals surface area contributed by atoms with Gasteiger partial charge in [-0.2, -0.15) is 0 Å². The quantitative estimate of drug-likeness (QED) is 0.876. The number of hydrogen-bond acceptors (Lipinski definition) is 4. The van der Waals surface area contributed by atoms with Gasteiger partial charge in [0.15, 0.2) is 9.84 Å². The van der Waals surface area contributed by atoms with Gasteiger partial charge in [-0.3, -0.25) is 0 Å². The second-order valence-corrected chi connectivity index (χ2v) is 8.24.